The van der Waals surface area contributed by atoms with Gasteiger partial charge in [0.05, 0.1) is 6.07 Å². The Morgan fingerprint density at radius 1 is 1.29 bits per heavy atom. The number of carbonyl (C=O) groups excluding carboxylic acids is 1. The molecule has 0 heterocycles. The molecule has 0 saturated carbocycles. The number of amides is 1. The standard InChI is InChI=1S/C16H31N3O2/c1-13(19-14(20)21-15(2,3)4)8-11-18-12-16(5,6)9-7-10-17/h13,18H,7-9,11-12H2,1-6H3,(H,19,20). The van der Waals surface area contributed by atoms with E-state index in [-0.39, 0.29) is 17.6 Å². The quantitative estimate of drug-likeness (QED) is 0.675. The van der Waals surface area contributed by atoms with Gasteiger partial charge in [0.25, 0.3) is 0 Å². The van der Waals surface area contributed by atoms with E-state index < -0.39 is 5.60 Å². The lowest BCUT2D eigenvalue weighted by Gasteiger charge is -2.25. The van der Waals surface area contributed by atoms with Gasteiger partial charge in [-0.3, -0.25) is 0 Å². The molecule has 0 aromatic heterocycles. The number of hydrogen-bond acceptors (Lipinski definition) is 4. The van der Waals surface area contributed by atoms with E-state index >= 15 is 0 Å². The molecule has 1 amide bonds. The van der Waals surface area contributed by atoms with Crippen LogP contribution in [0.3, 0.4) is 0 Å². The summed E-state index contributed by atoms with van der Waals surface area (Å²) in [5.74, 6) is 0. The minimum Gasteiger partial charge on any atom is -0.444 e. The van der Waals surface area contributed by atoms with Crippen LogP contribution in [0.5, 0.6) is 0 Å². The van der Waals surface area contributed by atoms with Gasteiger partial charge in [-0.2, -0.15) is 5.26 Å². The Balaban J connectivity index is 3.83. The van der Waals surface area contributed by atoms with Crippen molar-refractivity contribution in [3.63, 3.8) is 0 Å². The van der Waals surface area contributed by atoms with E-state index in [1.807, 2.05) is 27.7 Å². The zero-order valence-corrected chi connectivity index (χ0v) is 14.4. The molecule has 0 saturated heterocycles. The van der Waals surface area contributed by atoms with Crippen molar-refractivity contribution in [2.75, 3.05) is 13.1 Å². The summed E-state index contributed by atoms with van der Waals surface area (Å²) in [6.07, 6.45) is 1.95. The normalized spacial score (nSPS) is 13.4. The van der Waals surface area contributed by atoms with Crippen LogP contribution in [0.25, 0.3) is 0 Å². The molecular weight excluding hydrogens is 266 g/mol. The van der Waals surface area contributed by atoms with E-state index in [2.05, 4.69) is 30.6 Å². The summed E-state index contributed by atoms with van der Waals surface area (Å²) in [6.45, 7) is 13.5. The molecule has 1 atom stereocenters. The Hall–Kier alpha value is -1.28. The van der Waals surface area contributed by atoms with Crippen molar-refractivity contribution in [1.29, 1.82) is 5.26 Å². The first-order valence-corrected chi connectivity index (χ1v) is 7.63. The van der Waals surface area contributed by atoms with Crippen LogP contribution in [0.4, 0.5) is 4.79 Å². The maximum atomic E-state index is 11.6. The summed E-state index contributed by atoms with van der Waals surface area (Å²) in [4.78, 5) is 11.6. The van der Waals surface area contributed by atoms with Crippen LogP contribution >= 0.6 is 0 Å². The van der Waals surface area contributed by atoms with Gasteiger partial charge in [0, 0.05) is 19.0 Å². The summed E-state index contributed by atoms with van der Waals surface area (Å²) in [5, 5.41) is 14.8. The summed E-state index contributed by atoms with van der Waals surface area (Å²) >= 11 is 0. The summed E-state index contributed by atoms with van der Waals surface area (Å²) in [6, 6.07) is 2.25. The first-order valence-electron chi connectivity index (χ1n) is 7.63. The van der Waals surface area contributed by atoms with Gasteiger partial charge in [0.15, 0.2) is 0 Å². The number of alkyl carbamates (subject to hydrolysis) is 1. The fourth-order valence-corrected chi connectivity index (χ4v) is 1.81. The summed E-state index contributed by atoms with van der Waals surface area (Å²) in [5.41, 5.74) is -0.343. The monoisotopic (exact) mass is 297 g/mol. The molecule has 0 aliphatic carbocycles. The van der Waals surface area contributed by atoms with E-state index in [0.717, 1.165) is 25.9 Å². The minimum atomic E-state index is -0.465. The molecule has 0 aromatic rings. The van der Waals surface area contributed by atoms with Gasteiger partial charge in [-0.15, -0.1) is 0 Å². The number of nitrogens with zero attached hydrogens (tertiary/aromatic N) is 1. The molecule has 5 heteroatoms. The maximum absolute atomic E-state index is 11.6. The van der Waals surface area contributed by atoms with E-state index in [1.165, 1.54) is 0 Å². The van der Waals surface area contributed by atoms with Crippen LogP contribution in [-0.2, 0) is 4.74 Å². The van der Waals surface area contributed by atoms with Gasteiger partial charge < -0.3 is 15.4 Å². The molecule has 5 nitrogen and oxygen atoms in total. The number of nitriles is 1. The van der Waals surface area contributed by atoms with Gasteiger partial charge in [-0.1, -0.05) is 13.8 Å². The third kappa shape index (κ3) is 12.2. The van der Waals surface area contributed by atoms with Crippen molar-refractivity contribution in [3.05, 3.63) is 0 Å². The second-order valence-electron chi connectivity index (χ2n) is 7.34. The van der Waals surface area contributed by atoms with Crippen molar-refractivity contribution in [3.8, 4) is 6.07 Å². The lowest BCUT2D eigenvalue weighted by molar-refractivity contribution is 0.0506. The number of carbonyl (C=O) groups is 1. The highest BCUT2D eigenvalue weighted by Gasteiger charge is 2.18. The third-order valence-electron chi connectivity index (χ3n) is 3.03. The molecule has 2 N–H and O–H groups in total. The average Bonchev–Trinajstić information content (AvgIpc) is 2.29. The molecule has 1 unspecified atom stereocenters. The van der Waals surface area contributed by atoms with Crippen molar-refractivity contribution in [1.82, 2.24) is 10.6 Å². The average molecular weight is 297 g/mol. The highest BCUT2D eigenvalue weighted by molar-refractivity contribution is 5.67. The molecule has 0 aromatic carbocycles. The summed E-state index contributed by atoms with van der Waals surface area (Å²) in [7, 11) is 0. The van der Waals surface area contributed by atoms with E-state index in [0.29, 0.717) is 6.42 Å². The van der Waals surface area contributed by atoms with Crippen molar-refractivity contribution >= 4 is 6.09 Å². The maximum Gasteiger partial charge on any atom is 0.407 e. The molecule has 0 rings (SSSR count). The fraction of sp³-hybridized carbons (Fsp3) is 0.875. The lowest BCUT2D eigenvalue weighted by atomic mass is 9.88. The van der Waals surface area contributed by atoms with Gasteiger partial charge >= 0.3 is 6.09 Å². The SMILES string of the molecule is CC(CCNCC(C)(C)CCC#N)NC(=O)OC(C)(C)C. The largest absolute Gasteiger partial charge is 0.444 e. The fourth-order valence-electron chi connectivity index (χ4n) is 1.81. The molecule has 21 heavy (non-hydrogen) atoms. The van der Waals surface area contributed by atoms with E-state index in [1.54, 1.807) is 0 Å². The van der Waals surface area contributed by atoms with Crippen LogP contribution < -0.4 is 10.6 Å². The Kier molecular flexibility index (Phi) is 8.34. The van der Waals surface area contributed by atoms with Crippen LogP contribution in [0.15, 0.2) is 0 Å². The zero-order chi connectivity index (χ0) is 16.5. The smallest absolute Gasteiger partial charge is 0.407 e. The second kappa shape index (κ2) is 8.89. The highest BCUT2D eigenvalue weighted by Crippen LogP contribution is 2.20. The minimum absolute atomic E-state index is 0.0644. The van der Waals surface area contributed by atoms with E-state index in [4.69, 9.17) is 10.00 Å². The molecule has 122 valence electrons. The zero-order valence-electron chi connectivity index (χ0n) is 14.4. The predicted molar refractivity (Wildman–Crippen MR) is 84.9 cm³/mol. The van der Waals surface area contributed by atoms with Crippen molar-refractivity contribution in [2.24, 2.45) is 5.41 Å². The summed E-state index contributed by atoms with van der Waals surface area (Å²) < 4.78 is 5.21. The Labute approximate surface area is 129 Å². The second-order valence-corrected chi connectivity index (χ2v) is 7.34. The van der Waals surface area contributed by atoms with Gasteiger partial charge in [0.1, 0.15) is 5.60 Å². The molecule has 0 spiro atoms. The Morgan fingerprint density at radius 3 is 2.43 bits per heavy atom. The molecule has 0 fully saturated rings. The van der Waals surface area contributed by atoms with Crippen molar-refractivity contribution < 1.29 is 9.53 Å². The first-order chi connectivity index (χ1) is 9.56. The number of rotatable bonds is 8. The van der Waals surface area contributed by atoms with Crippen molar-refractivity contribution in [2.45, 2.75) is 72.4 Å². The van der Waals surface area contributed by atoms with Gasteiger partial charge in [0.2, 0.25) is 0 Å². The first kappa shape index (κ1) is 19.7. The number of nitrogens with one attached hydrogen (secondary N) is 2. The van der Waals surface area contributed by atoms with Gasteiger partial charge in [-0.25, -0.2) is 4.79 Å². The van der Waals surface area contributed by atoms with Crippen LogP contribution in [0.1, 0.15) is 60.8 Å². The molecule has 0 aliphatic heterocycles. The van der Waals surface area contributed by atoms with E-state index in [9.17, 15) is 4.79 Å². The van der Waals surface area contributed by atoms with Crippen LogP contribution in [0, 0.1) is 16.7 Å². The molecular formula is C16H31N3O2. The number of ether oxygens (including phenoxy) is 1. The molecule has 0 bridgehead atoms. The topological polar surface area (TPSA) is 74.2 Å². The predicted octanol–water partition coefficient (Wildman–Crippen LogP) is 3.21. The molecule has 0 radical (unpaired) electrons. The van der Waals surface area contributed by atoms with Gasteiger partial charge in [-0.05, 0) is 52.5 Å². The lowest BCUT2D eigenvalue weighted by Crippen LogP contribution is -2.39. The highest BCUT2D eigenvalue weighted by atomic mass is 16.6. The number of hydrogen-bond donors (Lipinski definition) is 2. The third-order valence-corrected chi connectivity index (χ3v) is 3.03. The Bertz CT molecular complexity index is 354. The molecule has 0 aliphatic rings. The van der Waals surface area contributed by atoms with Crippen LogP contribution in [0.2, 0.25) is 0 Å². The van der Waals surface area contributed by atoms with Crippen LogP contribution in [-0.4, -0.2) is 30.8 Å². The Morgan fingerprint density at radius 2 is 1.90 bits per heavy atom.